The first-order valence-electron chi connectivity index (χ1n) is 10.7. The Morgan fingerprint density at radius 1 is 1.20 bits per heavy atom. The molecule has 0 atom stereocenters. The molecule has 30 heavy (non-hydrogen) atoms. The average molecular weight is 424 g/mol. The lowest BCUT2D eigenvalue weighted by Crippen LogP contribution is -2.45. The molecule has 0 unspecified atom stereocenters. The Labute approximate surface area is 182 Å². The number of hydrogen-bond donors (Lipinski definition) is 2. The number of nitrogens with one attached hydrogen (secondary N) is 2. The summed E-state index contributed by atoms with van der Waals surface area (Å²) in [5.41, 5.74) is 3.80. The SMILES string of the molecule is Cc1cc(C)c2cc(CN(Cc3ccco3)C(=S)NC3CCCCC3)c(=O)[nH]c2c1. The lowest BCUT2D eigenvalue weighted by molar-refractivity contribution is 0.334. The van der Waals surface area contributed by atoms with Crippen LogP contribution < -0.4 is 10.9 Å². The molecular formula is C24H29N3O2S. The first-order valence-corrected chi connectivity index (χ1v) is 11.1. The third kappa shape index (κ3) is 4.75. The number of nitrogens with zero attached hydrogens (tertiary/aromatic N) is 1. The van der Waals surface area contributed by atoms with E-state index in [0.29, 0.717) is 29.8 Å². The summed E-state index contributed by atoms with van der Waals surface area (Å²) in [7, 11) is 0. The zero-order valence-electron chi connectivity index (χ0n) is 17.7. The molecule has 158 valence electrons. The monoisotopic (exact) mass is 423 g/mol. The van der Waals surface area contributed by atoms with Gasteiger partial charge in [-0.1, -0.05) is 25.3 Å². The minimum Gasteiger partial charge on any atom is -0.467 e. The van der Waals surface area contributed by atoms with Gasteiger partial charge < -0.3 is 19.6 Å². The van der Waals surface area contributed by atoms with Gasteiger partial charge >= 0.3 is 0 Å². The van der Waals surface area contributed by atoms with E-state index in [9.17, 15) is 4.79 Å². The molecule has 0 spiro atoms. The lowest BCUT2D eigenvalue weighted by atomic mass is 9.96. The van der Waals surface area contributed by atoms with Gasteiger partial charge in [-0.25, -0.2) is 0 Å². The number of H-pyrrole nitrogens is 1. The summed E-state index contributed by atoms with van der Waals surface area (Å²) in [5, 5.41) is 5.28. The second-order valence-electron chi connectivity index (χ2n) is 8.39. The number of thiocarbonyl (C=S) groups is 1. The van der Waals surface area contributed by atoms with E-state index in [4.69, 9.17) is 16.6 Å². The summed E-state index contributed by atoms with van der Waals surface area (Å²) in [5.74, 6) is 0.826. The third-order valence-corrected chi connectivity index (χ3v) is 6.27. The van der Waals surface area contributed by atoms with Crippen molar-refractivity contribution in [3.05, 3.63) is 69.4 Å². The van der Waals surface area contributed by atoms with Gasteiger partial charge in [0.1, 0.15) is 5.76 Å². The normalized spacial score (nSPS) is 14.7. The van der Waals surface area contributed by atoms with Crippen LogP contribution in [0.4, 0.5) is 0 Å². The highest BCUT2D eigenvalue weighted by molar-refractivity contribution is 7.80. The number of pyridine rings is 1. The number of furan rings is 1. The minimum absolute atomic E-state index is 0.0718. The smallest absolute Gasteiger partial charge is 0.253 e. The molecule has 0 saturated heterocycles. The minimum atomic E-state index is -0.0718. The second-order valence-corrected chi connectivity index (χ2v) is 8.77. The van der Waals surface area contributed by atoms with Gasteiger partial charge in [-0.15, -0.1) is 0 Å². The van der Waals surface area contributed by atoms with Crippen LogP contribution in [-0.2, 0) is 13.1 Å². The Bertz CT molecular complexity index is 1080. The van der Waals surface area contributed by atoms with Crippen LogP contribution in [0.15, 0.2) is 45.8 Å². The molecule has 1 aliphatic carbocycles. The fourth-order valence-corrected chi connectivity index (χ4v) is 4.64. The number of fused-ring (bicyclic) bond motifs is 1. The first-order chi connectivity index (χ1) is 14.5. The van der Waals surface area contributed by atoms with Crippen molar-refractivity contribution in [1.82, 2.24) is 15.2 Å². The Balaban J connectivity index is 1.61. The molecule has 3 aromatic rings. The summed E-state index contributed by atoms with van der Waals surface area (Å²) < 4.78 is 5.56. The fourth-order valence-electron chi connectivity index (χ4n) is 4.34. The molecule has 1 aliphatic rings. The standard InChI is InChI=1S/C24H29N3O2S/c1-16-11-17(2)21-13-18(23(28)26-22(21)12-16)14-27(15-20-9-6-10-29-20)24(30)25-19-7-4-3-5-8-19/h6,9-13,19H,3-5,7-8,14-15H2,1-2H3,(H,25,30)(H,26,28). The van der Waals surface area contributed by atoms with Gasteiger partial charge in [0.15, 0.2) is 5.11 Å². The van der Waals surface area contributed by atoms with Crippen LogP contribution in [-0.4, -0.2) is 21.0 Å². The molecular weight excluding hydrogens is 394 g/mol. The van der Waals surface area contributed by atoms with Crippen LogP contribution >= 0.6 is 12.2 Å². The van der Waals surface area contributed by atoms with Gasteiger partial charge in [0, 0.05) is 22.5 Å². The summed E-state index contributed by atoms with van der Waals surface area (Å²) in [6.45, 7) is 5.07. The number of hydrogen-bond acceptors (Lipinski definition) is 3. The maximum Gasteiger partial charge on any atom is 0.253 e. The maximum atomic E-state index is 12.8. The van der Waals surface area contributed by atoms with Gasteiger partial charge in [-0.2, -0.15) is 0 Å². The molecule has 4 rings (SSSR count). The Morgan fingerprint density at radius 2 is 2.00 bits per heavy atom. The molecule has 1 fully saturated rings. The predicted octanol–water partition coefficient (Wildman–Crippen LogP) is 4.95. The largest absolute Gasteiger partial charge is 0.467 e. The van der Waals surface area contributed by atoms with E-state index >= 15 is 0 Å². The van der Waals surface area contributed by atoms with Crippen molar-refractivity contribution < 1.29 is 4.42 Å². The summed E-state index contributed by atoms with van der Waals surface area (Å²) in [4.78, 5) is 17.9. The second kappa shape index (κ2) is 9.04. The molecule has 2 heterocycles. The van der Waals surface area contributed by atoms with Crippen molar-refractivity contribution in [2.75, 3.05) is 0 Å². The van der Waals surface area contributed by atoms with Crippen LogP contribution in [0.25, 0.3) is 10.9 Å². The Kier molecular flexibility index (Phi) is 6.23. The van der Waals surface area contributed by atoms with Crippen molar-refractivity contribution in [2.24, 2.45) is 0 Å². The van der Waals surface area contributed by atoms with Crippen LogP contribution in [0.3, 0.4) is 0 Å². The van der Waals surface area contributed by atoms with E-state index in [1.165, 1.54) is 19.3 Å². The molecule has 5 nitrogen and oxygen atoms in total. The Hall–Kier alpha value is -2.60. The molecule has 1 saturated carbocycles. The van der Waals surface area contributed by atoms with Crippen molar-refractivity contribution >= 4 is 28.2 Å². The van der Waals surface area contributed by atoms with E-state index in [2.05, 4.69) is 23.3 Å². The van der Waals surface area contributed by atoms with Crippen LogP contribution in [0.5, 0.6) is 0 Å². The van der Waals surface area contributed by atoms with Crippen LogP contribution in [0, 0.1) is 13.8 Å². The topological polar surface area (TPSA) is 61.3 Å². The van der Waals surface area contributed by atoms with Gasteiger partial charge in [-0.3, -0.25) is 4.79 Å². The highest BCUT2D eigenvalue weighted by Gasteiger charge is 2.20. The predicted molar refractivity (Wildman–Crippen MR) is 125 cm³/mol. The van der Waals surface area contributed by atoms with Crippen molar-refractivity contribution in [1.29, 1.82) is 0 Å². The number of aryl methyl sites for hydroxylation is 2. The molecule has 0 bridgehead atoms. The number of aromatic amines is 1. The molecule has 2 N–H and O–H groups in total. The summed E-state index contributed by atoms with van der Waals surface area (Å²) in [6, 6.07) is 10.4. The van der Waals surface area contributed by atoms with E-state index in [1.807, 2.05) is 36.1 Å². The van der Waals surface area contributed by atoms with Gasteiger partial charge in [0.05, 0.1) is 19.4 Å². The fraction of sp³-hybridized carbons (Fsp3) is 0.417. The quantitative estimate of drug-likeness (QED) is 0.569. The van der Waals surface area contributed by atoms with Gasteiger partial charge in [-0.05, 0) is 74.3 Å². The zero-order chi connectivity index (χ0) is 21.1. The van der Waals surface area contributed by atoms with E-state index in [-0.39, 0.29) is 5.56 Å². The molecule has 2 aromatic heterocycles. The first kappa shape index (κ1) is 20.7. The molecule has 6 heteroatoms. The number of benzene rings is 1. The molecule has 1 aromatic carbocycles. The van der Waals surface area contributed by atoms with E-state index in [0.717, 1.165) is 40.6 Å². The molecule has 0 radical (unpaired) electrons. The average Bonchev–Trinajstić information content (AvgIpc) is 3.22. The highest BCUT2D eigenvalue weighted by atomic mass is 32.1. The third-order valence-electron chi connectivity index (χ3n) is 5.90. The summed E-state index contributed by atoms with van der Waals surface area (Å²) in [6.07, 6.45) is 7.72. The van der Waals surface area contributed by atoms with Gasteiger partial charge in [0.2, 0.25) is 0 Å². The number of aromatic nitrogens is 1. The van der Waals surface area contributed by atoms with E-state index in [1.54, 1.807) is 6.26 Å². The molecule has 0 aliphatic heterocycles. The van der Waals surface area contributed by atoms with Crippen LogP contribution in [0.1, 0.15) is 54.6 Å². The maximum absolute atomic E-state index is 12.8. The molecule has 0 amide bonds. The van der Waals surface area contributed by atoms with Crippen molar-refractivity contribution in [2.45, 2.75) is 65.1 Å². The number of rotatable bonds is 5. The zero-order valence-corrected chi connectivity index (χ0v) is 18.5. The highest BCUT2D eigenvalue weighted by Crippen LogP contribution is 2.21. The van der Waals surface area contributed by atoms with Crippen LogP contribution in [0.2, 0.25) is 0 Å². The Morgan fingerprint density at radius 3 is 2.73 bits per heavy atom. The van der Waals surface area contributed by atoms with Gasteiger partial charge in [0.25, 0.3) is 5.56 Å². The lowest BCUT2D eigenvalue weighted by Gasteiger charge is -2.30. The summed E-state index contributed by atoms with van der Waals surface area (Å²) >= 11 is 5.77. The van der Waals surface area contributed by atoms with Crippen molar-refractivity contribution in [3.8, 4) is 0 Å². The van der Waals surface area contributed by atoms with Crippen molar-refractivity contribution in [3.63, 3.8) is 0 Å². The van der Waals surface area contributed by atoms with E-state index < -0.39 is 0 Å².